The van der Waals surface area contributed by atoms with Crippen LogP contribution in [0.15, 0.2) is 0 Å². The van der Waals surface area contributed by atoms with E-state index in [1.54, 1.807) is 20.8 Å². The first kappa shape index (κ1) is 17.2. The van der Waals surface area contributed by atoms with Crippen molar-refractivity contribution in [3.8, 4) is 0 Å². The van der Waals surface area contributed by atoms with Crippen molar-refractivity contribution in [2.24, 2.45) is 0 Å². The van der Waals surface area contributed by atoms with Crippen LogP contribution in [-0.4, -0.2) is 55.0 Å². The van der Waals surface area contributed by atoms with Crippen molar-refractivity contribution in [1.82, 2.24) is 10.2 Å². The van der Waals surface area contributed by atoms with Crippen molar-refractivity contribution in [3.05, 3.63) is 0 Å². The summed E-state index contributed by atoms with van der Waals surface area (Å²) in [6, 6.07) is 0.478. The van der Waals surface area contributed by atoms with Crippen molar-refractivity contribution in [1.29, 1.82) is 0 Å². The Bertz CT molecular complexity index is 447. The SMILES string of the molecule is CCC1CNC2(CCCC2)CN1CCS(=O)(=O)C(C)(C)C. The Morgan fingerprint density at radius 2 is 1.86 bits per heavy atom. The maximum absolute atomic E-state index is 12.4. The lowest BCUT2D eigenvalue weighted by Gasteiger charge is -2.46. The largest absolute Gasteiger partial charge is 0.308 e. The van der Waals surface area contributed by atoms with Crippen LogP contribution in [0.4, 0.5) is 0 Å². The van der Waals surface area contributed by atoms with Crippen molar-refractivity contribution in [2.75, 3.05) is 25.4 Å². The van der Waals surface area contributed by atoms with Gasteiger partial charge in [0.05, 0.1) is 10.5 Å². The quantitative estimate of drug-likeness (QED) is 0.864. The molecule has 0 bridgehead atoms. The summed E-state index contributed by atoms with van der Waals surface area (Å²) in [4.78, 5) is 2.44. The van der Waals surface area contributed by atoms with Crippen LogP contribution in [0.1, 0.15) is 59.8 Å². The summed E-state index contributed by atoms with van der Waals surface area (Å²) < 4.78 is 24.1. The molecule has 1 unspecified atom stereocenters. The molecule has 1 heterocycles. The molecule has 1 aliphatic heterocycles. The van der Waals surface area contributed by atoms with Crippen molar-refractivity contribution in [3.63, 3.8) is 0 Å². The second kappa shape index (κ2) is 6.17. The smallest absolute Gasteiger partial charge is 0.156 e. The lowest BCUT2D eigenvalue weighted by molar-refractivity contribution is 0.0840. The predicted octanol–water partition coefficient (Wildman–Crippen LogP) is 2.20. The molecule has 0 aromatic carbocycles. The second-order valence-corrected chi connectivity index (χ2v) is 10.7. The van der Waals surface area contributed by atoms with E-state index in [4.69, 9.17) is 0 Å². The topological polar surface area (TPSA) is 49.4 Å². The van der Waals surface area contributed by atoms with Gasteiger partial charge in [-0.1, -0.05) is 19.8 Å². The van der Waals surface area contributed by atoms with Gasteiger partial charge in [-0.3, -0.25) is 4.90 Å². The van der Waals surface area contributed by atoms with E-state index in [0.29, 0.717) is 12.6 Å². The van der Waals surface area contributed by atoms with E-state index < -0.39 is 14.6 Å². The fourth-order valence-electron chi connectivity index (χ4n) is 3.63. The van der Waals surface area contributed by atoms with Gasteiger partial charge in [-0.05, 0) is 40.0 Å². The van der Waals surface area contributed by atoms with Crippen molar-refractivity contribution < 1.29 is 8.42 Å². The normalized spacial score (nSPS) is 27.3. The van der Waals surface area contributed by atoms with Gasteiger partial charge in [-0.25, -0.2) is 8.42 Å². The molecule has 1 saturated carbocycles. The Kier molecular flexibility index (Phi) is 5.06. The van der Waals surface area contributed by atoms with Gasteiger partial charge in [-0.2, -0.15) is 0 Å². The predicted molar refractivity (Wildman–Crippen MR) is 88.4 cm³/mol. The molecule has 4 nitrogen and oxygen atoms in total. The van der Waals surface area contributed by atoms with Crippen LogP contribution in [0.5, 0.6) is 0 Å². The molecule has 1 atom stereocenters. The molecule has 124 valence electrons. The van der Waals surface area contributed by atoms with Gasteiger partial charge in [0.15, 0.2) is 9.84 Å². The first-order valence-electron chi connectivity index (χ1n) is 8.40. The highest BCUT2D eigenvalue weighted by molar-refractivity contribution is 7.92. The molecule has 1 saturated heterocycles. The average molecular weight is 317 g/mol. The van der Waals surface area contributed by atoms with Gasteiger partial charge in [0.2, 0.25) is 0 Å². The summed E-state index contributed by atoms with van der Waals surface area (Å²) in [5, 5.41) is 3.76. The third-order valence-corrected chi connectivity index (χ3v) is 7.93. The molecule has 5 heteroatoms. The number of nitrogens with one attached hydrogen (secondary N) is 1. The Hall–Kier alpha value is -0.130. The third kappa shape index (κ3) is 3.80. The minimum Gasteiger partial charge on any atom is -0.308 e. The van der Waals surface area contributed by atoms with Gasteiger partial charge in [0.25, 0.3) is 0 Å². The van der Waals surface area contributed by atoms with E-state index in [0.717, 1.165) is 19.5 Å². The molecule has 0 aromatic heterocycles. The molecule has 1 N–H and O–H groups in total. The molecular formula is C16H32N2O2S. The van der Waals surface area contributed by atoms with Crippen LogP contribution in [-0.2, 0) is 9.84 Å². The first-order chi connectivity index (χ1) is 9.69. The van der Waals surface area contributed by atoms with Crippen LogP contribution < -0.4 is 5.32 Å². The maximum atomic E-state index is 12.4. The van der Waals surface area contributed by atoms with Gasteiger partial charge in [0.1, 0.15) is 0 Å². The van der Waals surface area contributed by atoms with E-state index in [2.05, 4.69) is 17.1 Å². The third-order valence-electron chi connectivity index (χ3n) is 5.35. The summed E-state index contributed by atoms with van der Waals surface area (Å²) >= 11 is 0. The average Bonchev–Trinajstić information content (AvgIpc) is 2.84. The van der Waals surface area contributed by atoms with Crippen LogP contribution >= 0.6 is 0 Å². The van der Waals surface area contributed by atoms with Crippen LogP contribution in [0.25, 0.3) is 0 Å². The van der Waals surface area contributed by atoms with Crippen LogP contribution in [0.3, 0.4) is 0 Å². The molecule has 2 aliphatic rings. The molecule has 1 aliphatic carbocycles. The van der Waals surface area contributed by atoms with E-state index in [1.807, 2.05) is 0 Å². The summed E-state index contributed by atoms with van der Waals surface area (Å²) in [5.74, 6) is 0.281. The molecule has 2 fully saturated rings. The zero-order chi connectivity index (χ0) is 15.7. The molecule has 21 heavy (non-hydrogen) atoms. The van der Waals surface area contributed by atoms with Gasteiger partial charge >= 0.3 is 0 Å². The Labute approximate surface area is 130 Å². The summed E-state index contributed by atoms with van der Waals surface area (Å²) in [7, 11) is -3.03. The molecule has 1 spiro atoms. The zero-order valence-electron chi connectivity index (χ0n) is 14.1. The maximum Gasteiger partial charge on any atom is 0.156 e. The van der Waals surface area contributed by atoms with E-state index in [9.17, 15) is 8.42 Å². The highest BCUT2D eigenvalue weighted by atomic mass is 32.2. The number of sulfone groups is 1. The minimum atomic E-state index is -3.03. The number of rotatable bonds is 4. The minimum absolute atomic E-state index is 0.261. The summed E-state index contributed by atoms with van der Waals surface area (Å²) in [6.07, 6.45) is 6.17. The number of nitrogens with zero attached hydrogens (tertiary/aromatic N) is 1. The van der Waals surface area contributed by atoms with Crippen LogP contribution in [0.2, 0.25) is 0 Å². The molecule has 0 radical (unpaired) electrons. The van der Waals surface area contributed by atoms with E-state index in [1.165, 1.54) is 25.7 Å². The van der Waals surface area contributed by atoms with E-state index in [-0.39, 0.29) is 11.3 Å². The number of hydrogen-bond donors (Lipinski definition) is 1. The summed E-state index contributed by atoms with van der Waals surface area (Å²) in [6.45, 7) is 10.3. The standard InChI is InChI=1S/C16H32N2O2S/c1-5-14-12-17-16(8-6-7-9-16)13-18(14)10-11-21(19,20)15(2,3)4/h14,17H,5-13H2,1-4H3. The number of hydrogen-bond acceptors (Lipinski definition) is 4. The Morgan fingerprint density at radius 1 is 1.24 bits per heavy atom. The molecular weight excluding hydrogens is 284 g/mol. The fraction of sp³-hybridized carbons (Fsp3) is 1.00. The Morgan fingerprint density at radius 3 is 2.38 bits per heavy atom. The summed E-state index contributed by atoms with van der Waals surface area (Å²) in [5.41, 5.74) is 0.261. The lowest BCUT2D eigenvalue weighted by Crippen LogP contribution is -2.63. The van der Waals surface area contributed by atoms with Crippen molar-refractivity contribution in [2.45, 2.75) is 76.1 Å². The molecule has 0 aromatic rings. The van der Waals surface area contributed by atoms with Gasteiger partial charge < -0.3 is 5.32 Å². The fourth-order valence-corrected chi connectivity index (χ4v) is 4.72. The monoisotopic (exact) mass is 316 g/mol. The van der Waals surface area contributed by atoms with Gasteiger partial charge in [0, 0.05) is 31.2 Å². The number of piperazine rings is 1. The molecule has 2 rings (SSSR count). The van der Waals surface area contributed by atoms with Gasteiger partial charge in [-0.15, -0.1) is 0 Å². The van der Waals surface area contributed by atoms with Crippen LogP contribution in [0, 0.1) is 0 Å². The first-order valence-corrected chi connectivity index (χ1v) is 10.1. The molecule has 0 amide bonds. The lowest BCUT2D eigenvalue weighted by atomic mass is 9.92. The Balaban J connectivity index is 2.02. The zero-order valence-corrected chi connectivity index (χ0v) is 14.9. The van der Waals surface area contributed by atoms with Crippen molar-refractivity contribution >= 4 is 9.84 Å². The second-order valence-electron chi connectivity index (χ2n) is 7.83. The highest BCUT2D eigenvalue weighted by Crippen LogP contribution is 2.33. The van der Waals surface area contributed by atoms with E-state index >= 15 is 0 Å². The highest BCUT2D eigenvalue weighted by Gasteiger charge is 2.41.